The Morgan fingerprint density at radius 1 is 0.500 bits per heavy atom. The van der Waals surface area contributed by atoms with Crippen molar-refractivity contribution >= 4 is 0 Å². The molecule has 0 aromatic carbocycles. The first-order chi connectivity index (χ1) is 11.1. The normalized spacial score (nSPS) is 11.5. The minimum Gasteiger partial charge on any atom is -0.633 e. The summed E-state index contributed by atoms with van der Waals surface area (Å²) in [7, 11) is 1.88. The molecule has 0 unspecified atom stereocenters. The van der Waals surface area contributed by atoms with Gasteiger partial charge in [0.05, 0.1) is 20.1 Å². The molecule has 0 aliphatic rings. The Bertz CT molecular complexity index is 210. The van der Waals surface area contributed by atoms with Gasteiger partial charge >= 0.3 is 0 Å². The smallest absolute Gasteiger partial charge is 0.0781 e. The summed E-state index contributed by atoms with van der Waals surface area (Å²) < 4.78 is -0.00826. The molecule has 0 spiro atoms. The first kappa shape index (κ1) is 26.1. The van der Waals surface area contributed by atoms with Gasteiger partial charge in [-0.05, 0) is 25.7 Å². The highest BCUT2D eigenvalue weighted by molar-refractivity contribution is 4.49. The maximum absolute atomic E-state index is 12.4. The molecule has 0 saturated carbocycles. The quantitative estimate of drug-likeness (QED) is 0.161. The van der Waals surface area contributed by atoms with Gasteiger partial charge in [0.15, 0.2) is 0 Å². The monoisotopic (exact) mass is 345 g/mol. The molecule has 0 rings (SSSR count). The number of quaternary nitrogens is 1. The van der Waals surface area contributed by atoms with Gasteiger partial charge < -0.3 is 15.3 Å². The fourth-order valence-corrected chi connectivity index (χ4v) is 3.27. The van der Waals surface area contributed by atoms with E-state index in [9.17, 15) is 5.21 Å². The zero-order chi connectivity index (χ0) is 17.2. The first-order valence-corrected chi connectivity index (χ1v) is 10.7. The van der Waals surface area contributed by atoms with Gasteiger partial charge in [0, 0.05) is 0 Å². The van der Waals surface area contributed by atoms with E-state index in [4.69, 9.17) is 0 Å². The molecule has 0 aromatic heterocycles. The summed E-state index contributed by atoms with van der Waals surface area (Å²) in [5.74, 6) is 0. The maximum atomic E-state index is 12.4. The van der Waals surface area contributed by atoms with Crippen LogP contribution in [0.15, 0.2) is 0 Å². The second-order valence-corrected chi connectivity index (χ2v) is 7.69. The number of unbranched alkanes of at least 4 members (excludes halogenated alkanes) is 14. The summed E-state index contributed by atoms with van der Waals surface area (Å²) in [5.41, 5.74) is 0. The highest BCUT2D eigenvalue weighted by atomic mass is 16.5. The Morgan fingerprint density at radius 3 is 1.04 bits per heavy atom. The van der Waals surface area contributed by atoms with Crippen LogP contribution in [0.1, 0.15) is 117 Å². The number of nitrogens with zero attached hydrogens (tertiary/aromatic N) is 1. The van der Waals surface area contributed by atoms with Crippen LogP contribution < -0.4 is 0 Å². The molecule has 0 atom stereocenters. The summed E-state index contributed by atoms with van der Waals surface area (Å²) in [5, 5.41) is 12.4. The van der Waals surface area contributed by atoms with Gasteiger partial charge in [0.2, 0.25) is 0 Å². The molecule has 0 radical (unpaired) electrons. The van der Waals surface area contributed by atoms with Crippen molar-refractivity contribution in [3.8, 4) is 0 Å². The lowest BCUT2D eigenvalue weighted by Crippen LogP contribution is -2.39. The van der Waals surface area contributed by atoms with Gasteiger partial charge in [-0.15, -0.1) is 0 Å². The zero-order valence-corrected chi connectivity index (χ0v) is 17.1. The summed E-state index contributed by atoms with van der Waals surface area (Å²) >= 11 is 0. The average molecular weight is 346 g/mol. The first-order valence-electron chi connectivity index (χ1n) is 10.7. The highest BCUT2D eigenvalue weighted by Gasteiger charge is 2.09. The Hall–Kier alpha value is -0.120. The molecule has 0 amide bonds. The van der Waals surface area contributed by atoms with E-state index in [1.165, 1.54) is 89.9 Å². The van der Waals surface area contributed by atoms with Gasteiger partial charge in [-0.25, -0.2) is 0 Å². The fourth-order valence-electron chi connectivity index (χ4n) is 3.27. The van der Waals surface area contributed by atoms with Crippen LogP contribution in [0.3, 0.4) is 0 Å². The van der Waals surface area contributed by atoms with Crippen molar-refractivity contribution in [1.82, 2.24) is 0 Å². The molecule has 0 saturated heterocycles. The molecule has 3 nitrogen and oxygen atoms in total. The van der Waals surface area contributed by atoms with Crippen LogP contribution in [0.2, 0.25) is 0 Å². The Kier molecular flexibility index (Phi) is 20.9. The van der Waals surface area contributed by atoms with Crippen LogP contribution in [0.25, 0.3) is 0 Å². The minimum atomic E-state index is -0.00826. The Balaban J connectivity index is 0. The van der Waals surface area contributed by atoms with Crippen LogP contribution in [-0.4, -0.2) is 30.3 Å². The lowest BCUT2D eigenvalue weighted by Gasteiger charge is -2.39. The lowest BCUT2D eigenvalue weighted by atomic mass is 10.1. The van der Waals surface area contributed by atoms with E-state index >= 15 is 0 Å². The molecule has 0 heterocycles. The molecule has 0 bridgehead atoms. The van der Waals surface area contributed by atoms with Gasteiger partial charge in [-0.3, -0.25) is 0 Å². The third-order valence-corrected chi connectivity index (χ3v) is 4.97. The topological polar surface area (TPSA) is 54.6 Å². The summed E-state index contributed by atoms with van der Waals surface area (Å²) in [6.45, 7) is 6.18. The standard InChI is InChI=1S/C21H45NO.H2O/c1-4-6-8-10-12-14-16-18-20-22(3,23)21-19-17-15-13-11-9-7-5-2;/h4-21H2,1-3H3;1H2. The molecule has 3 heteroatoms. The van der Waals surface area contributed by atoms with E-state index in [0.717, 1.165) is 25.9 Å². The number of hydrogen-bond acceptors (Lipinski definition) is 1. The third-order valence-electron chi connectivity index (χ3n) is 4.97. The molecular weight excluding hydrogens is 298 g/mol. The second kappa shape index (κ2) is 19.2. The van der Waals surface area contributed by atoms with Crippen molar-refractivity contribution < 1.29 is 10.1 Å². The van der Waals surface area contributed by atoms with Gasteiger partial charge in [0.1, 0.15) is 0 Å². The van der Waals surface area contributed by atoms with E-state index in [1.807, 2.05) is 7.05 Å². The van der Waals surface area contributed by atoms with Crippen LogP contribution >= 0.6 is 0 Å². The fraction of sp³-hybridized carbons (Fsp3) is 1.00. The van der Waals surface area contributed by atoms with Crippen molar-refractivity contribution in [3.05, 3.63) is 5.21 Å². The SMILES string of the molecule is CCCCCCCCCC[N+](C)([O-])CCCCCCCCCC.O. The minimum absolute atomic E-state index is 0. The lowest BCUT2D eigenvalue weighted by molar-refractivity contribution is -0.861. The van der Waals surface area contributed by atoms with Crippen LogP contribution in [0.5, 0.6) is 0 Å². The molecule has 2 N–H and O–H groups in total. The average Bonchev–Trinajstić information content (AvgIpc) is 2.52. The number of hydroxylamine groups is 3. The van der Waals surface area contributed by atoms with Crippen molar-refractivity contribution in [2.75, 3.05) is 20.1 Å². The number of rotatable bonds is 18. The summed E-state index contributed by atoms with van der Waals surface area (Å²) in [6, 6.07) is 0. The molecule has 0 fully saturated rings. The second-order valence-electron chi connectivity index (χ2n) is 7.69. The van der Waals surface area contributed by atoms with Crippen LogP contribution in [-0.2, 0) is 0 Å². The molecular formula is C21H47NO2. The van der Waals surface area contributed by atoms with E-state index in [2.05, 4.69) is 13.8 Å². The summed E-state index contributed by atoms with van der Waals surface area (Å²) in [4.78, 5) is 0. The predicted molar refractivity (Wildman–Crippen MR) is 108 cm³/mol. The Morgan fingerprint density at radius 2 is 0.750 bits per heavy atom. The van der Waals surface area contributed by atoms with E-state index in [1.54, 1.807) is 0 Å². The molecule has 0 aliphatic carbocycles. The molecule has 148 valence electrons. The molecule has 24 heavy (non-hydrogen) atoms. The van der Waals surface area contributed by atoms with Crippen molar-refractivity contribution in [2.24, 2.45) is 0 Å². The van der Waals surface area contributed by atoms with Crippen molar-refractivity contribution in [3.63, 3.8) is 0 Å². The van der Waals surface area contributed by atoms with Crippen molar-refractivity contribution in [1.29, 1.82) is 0 Å². The van der Waals surface area contributed by atoms with E-state index in [-0.39, 0.29) is 10.1 Å². The molecule has 0 aromatic rings. The number of hydrogen-bond donors (Lipinski definition) is 0. The maximum Gasteiger partial charge on any atom is 0.0781 e. The van der Waals surface area contributed by atoms with Crippen molar-refractivity contribution in [2.45, 2.75) is 117 Å². The Labute approximate surface area is 152 Å². The van der Waals surface area contributed by atoms with Gasteiger partial charge in [0.25, 0.3) is 0 Å². The highest BCUT2D eigenvalue weighted by Crippen LogP contribution is 2.13. The summed E-state index contributed by atoms with van der Waals surface area (Å²) in [6.07, 6.45) is 21.1. The third kappa shape index (κ3) is 19.9. The largest absolute Gasteiger partial charge is 0.633 e. The van der Waals surface area contributed by atoms with Gasteiger partial charge in [-0.2, -0.15) is 0 Å². The molecule has 0 aliphatic heterocycles. The predicted octanol–water partition coefficient (Wildman–Crippen LogP) is 6.39. The van der Waals surface area contributed by atoms with Gasteiger partial charge in [-0.1, -0.05) is 90.9 Å². The van der Waals surface area contributed by atoms with Crippen LogP contribution in [0, 0.1) is 5.21 Å². The van der Waals surface area contributed by atoms with E-state index < -0.39 is 0 Å². The zero-order valence-electron chi connectivity index (χ0n) is 17.1. The van der Waals surface area contributed by atoms with E-state index in [0.29, 0.717) is 0 Å². The van der Waals surface area contributed by atoms with Crippen LogP contribution in [0.4, 0.5) is 0 Å².